The van der Waals surface area contributed by atoms with Gasteiger partial charge in [-0.15, -0.1) is 0 Å². The molecule has 0 aliphatic carbocycles. The topological polar surface area (TPSA) is 28.2 Å². The quantitative estimate of drug-likeness (QED) is 0.716. The molecule has 0 fully saturated rings. The second-order valence-corrected chi connectivity index (χ2v) is 5.57. The molecule has 0 aliphatic heterocycles. The average molecular weight is 305 g/mol. The first-order valence-electron chi connectivity index (χ1n) is 8.23. The molecule has 3 heteroatoms. The van der Waals surface area contributed by atoms with Gasteiger partial charge in [0.1, 0.15) is 0 Å². The van der Waals surface area contributed by atoms with Crippen LogP contribution in [0.4, 0.5) is 11.4 Å². The molecule has 0 atom stereocenters. The van der Waals surface area contributed by atoms with Crippen molar-refractivity contribution in [2.45, 2.75) is 20.4 Å². The van der Waals surface area contributed by atoms with Crippen molar-refractivity contribution < 1.29 is 0 Å². The molecule has 0 amide bonds. The van der Waals surface area contributed by atoms with Crippen LogP contribution in [-0.4, -0.2) is 18.1 Å². The van der Waals surface area contributed by atoms with Gasteiger partial charge in [-0.1, -0.05) is 30.3 Å². The highest BCUT2D eigenvalue weighted by atomic mass is 15.1. The Balaban J connectivity index is 1.72. The molecule has 1 N–H and O–H groups in total. The summed E-state index contributed by atoms with van der Waals surface area (Å²) in [4.78, 5) is 6.76. The van der Waals surface area contributed by atoms with Crippen LogP contribution in [0.1, 0.15) is 19.4 Å². The number of anilines is 2. The van der Waals surface area contributed by atoms with Gasteiger partial charge in [0.15, 0.2) is 0 Å². The molecule has 0 bridgehead atoms. The fourth-order valence-corrected chi connectivity index (χ4v) is 2.86. The zero-order valence-corrected chi connectivity index (χ0v) is 13.8. The van der Waals surface area contributed by atoms with Crippen LogP contribution in [0.2, 0.25) is 0 Å². The molecule has 0 spiro atoms. The van der Waals surface area contributed by atoms with E-state index < -0.39 is 0 Å². The maximum absolute atomic E-state index is 4.40. The summed E-state index contributed by atoms with van der Waals surface area (Å²) in [5.74, 6) is 0. The van der Waals surface area contributed by atoms with Gasteiger partial charge in [0, 0.05) is 42.6 Å². The van der Waals surface area contributed by atoms with Gasteiger partial charge in [0.05, 0.1) is 5.52 Å². The number of benzene rings is 2. The predicted molar refractivity (Wildman–Crippen MR) is 99.1 cm³/mol. The Labute approximate surface area is 138 Å². The van der Waals surface area contributed by atoms with Crippen LogP contribution < -0.4 is 10.2 Å². The smallest absolute Gasteiger partial charge is 0.0722 e. The Morgan fingerprint density at radius 1 is 0.913 bits per heavy atom. The fraction of sp³-hybridized carbons (Fsp3) is 0.250. The highest BCUT2D eigenvalue weighted by Crippen LogP contribution is 2.22. The second kappa shape index (κ2) is 7.14. The summed E-state index contributed by atoms with van der Waals surface area (Å²) < 4.78 is 0. The van der Waals surface area contributed by atoms with Gasteiger partial charge in [0.2, 0.25) is 0 Å². The zero-order valence-electron chi connectivity index (χ0n) is 13.8. The maximum atomic E-state index is 4.40. The number of nitrogens with zero attached hydrogens (tertiary/aromatic N) is 2. The lowest BCUT2D eigenvalue weighted by Gasteiger charge is -2.21. The third-order valence-electron chi connectivity index (χ3n) is 4.20. The van der Waals surface area contributed by atoms with Crippen molar-refractivity contribution in [3.05, 3.63) is 66.4 Å². The van der Waals surface area contributed by atoms with Crippen molar-refractivity contribution in [1.82, 2.24) is 4.98 Å². The highest BCUT2D eigenvalue weighted by molar-refractivity contribution is 5.90. The summed E-state index contributed by atoms with van der Waals surface area (Å²) in [7, 11) is 0. The maximum Gasteiger partial charge on any atom is 0.0722 e. The van der Waals surface area contributed by atoms with Gasteiger partial charge in [0.25, 0.3) is 0 Å². The van der Waals surface area contributed by atoms with Gasteiger partial charge < -0.3 is 10.2 Å². The third kappa shape index (κ3) is 3.45. The SMILES string of the molecule is CCN(CC)c1ccc(CNc2ccnc3ccccc23)cc1. The van der Waals surface area contributed by atoms with Gasteiger partial charge in [-0.05, 0) is 43.7 Å². The number of nitrogens with one attached hydrogen (secondary N) is 1. The van der Waals surface area contributed by atoms with Gasteiger partial charge in [-0.25, -0.2) is 0 Å². The van der Waals surface area contributed by atoms with E-state index in [4.69, 9.17) is 0 Å². The number of fused-ring (bicyclic) bond motifs is 1. The molecule has 0 saturated heterocycles. The number of aromatic nitrogens is 1. The Hall–Kier alpha value is -2.55. The minimum atomic E-state index is 0.812. The second-order valence-electron chi connectivity index (χ2n) is 5.57. The van der Waals surface area contributed by atoms with Crippen molar-refractivity contribution in [3.63, 3.8) is 0 Å². The van der Waals surface area contributed by atoms with E-state index in [1.165, 1.54) is 11.3 Å². The first-order valence-corrected chi connectivity index (χ1v) is 8.23. The minimum absolute atomic E-state index is 0.812. The van der Waals surface area contributed by atoms with Crippen LogP contribution in [0.3, 0.4) is 0 Å². The minimum Gasteiger partial charge on any atom is -0.380 e. The van der Waals surface area contributed by atoms with E-state index in [1.54, 1.807) is 0 Å². The summed E-state index contributed by atoms with van der Waals surface area (Å²) in [6, 6.07) is 19.1. The molecule has 1 aromatic heterocycles. The van der Waals surface area contributed by atoms with Crippen LogP contribution in [0, 0.1) is 0 Å². The number of hydrogen-bond donors (Lipinski definition) is 1. The number of para-hydroxylation sites is 1. The van der Waals surface area contributed by atoms with E-state index in [1.807, 2.05) is 30.5 Å². The molecular formula is C20H23N3. The van der Waals surface area contributed by atoms with Crippen molar-refractivity contribution in [2.24, 2.45) is 0 Å². The summed E-state index contributed by atoms with van der Waals surface area (Å²) in [6.07, 6.45) is 1.86. The molecule has 3 rings (SSSR count). The highest BCUT2D eigenvalue weighted by Gasteiger charge is 2.03. The lowest BCUT2D eigenvalue weighted by Crippen LogP contribution is -2.21. The zero-order chi connectivity index (χ0) is 16.1. The molecule has 2 aromatic carbocycles. The molecule has 23 heavy (non-hydrogen) atoms. The lowest BCUT2D eigenvalue weighted by molar-refractivity contribution is 0.865. The van der Waals surface area contributed by atoms with Crippen molar-refractivity contribution in [3.8, 4) is 0 Å². The van der Waals surface area contributed by atoms with Crippen LogP contribution in [-0.2, 0) is 6.54 Å². The molecule has 3 nitrogen and oxygen atoms in total. The predicted octanol–water partition coefficient (Wildman–Crippen LogP) is 4.69. The molecule has 0 saturated carbocycles. The first-order chi connectivity index (χ1) is 11.3. The van der Waals surface area contributed by atoms with Gasteiger partial charge in [-0.3, -0.25) is 4.98 Å². The fourth-order valence-electron chi connectivity index (χ4n) is 2.86. The Bertz CT molecular complexity index is 756. The van der Waals surface area contributed by atoms with Crippen LogP contribution in [0.5, 0.6) is 0 Å². The molecule has 0 radical (unpaired) electrons. The van der Waals surface area contributed by atoms with E-state index in [0.717, 1.165) is 36.2 Å². The number of pyridine rings is 1. The number of rotatable bonds is 6. The molecule has 118 valence electrons. The summed E-state index contributed by atoms with van der Waals surface area (Å²) in [5.41, 5.74) is 4.72. The van der Waals surface area contributed by atoms with Crippen LogP contribution in [0.15, 0.2) is 60.8 Å². The van der Waals surface area contributed by atoms with Gasteiger partial charge >= 0.3 is 0 Å². The van der Waals surface area contributed by atoms with Gasteiger partial charge in [-0.2, -0.15) is 0 Å². The molecule has 1 heterocycles. The Kier molecular flexibility index (Phi) is 4.77. The van der Waals surface area contributed by atoms with Crippen LogP contribution >= 0.6 is 0 Å². The van der Waals surface area contributed by atoms with Crippen molar-refractivity contribution in [2.75, 3.05) is 23.3 Å². The summed E-state index contributed by atoms with van der Waals surface area (Å²) >= 11 is 0. The van der Waals surface area contributed by atoms with E-state index in [2.05, 4.69) is 59.4 Å². The molecule has 0 unspecified atom stereocenters. The average Bonchev–Trinajstić information content (AvgIpc) is 2.62. The molecule has 0 aliphatic rings. The Morgan fingerprint density at radius 2 is 1.65 bits per heavy atom. The Morgan fingerprint density at radius 3 is 2.39 bits per heavy atom. The number of hydrogen-bond acceptors (Lipinski definition) is 3. The van der Waals surface area contributed by atoms with Crippen molar-refractivity contribution >= 4 is 22.3 Å². The van der Waals surface area contributed by atoms with E-state index in [-0.39, 0.29) is 0 Å². The first kappa shape index (κ1) is 15.3. The molecule has 3 aromatic rings. The van der Waals surface area contributed by atoms with E-state index >= 15 is 0 Å². The van der Waals surface area contributed by atoms with Crippen molar-refractivity contribution in [1.29, 1.82) is 0 Å². The van der Waals surface area contributed by atoms with E-state index in [9.17, 15) is 0 Å². The standard InChI is InChI=1S/C20H23N3/c1-3-23(4-2)17-11-9-16(10-12-17)15-22-20-13-14-21-19-8-6-5-7-18(19)20/h5-14H,3-4,15H2,1-2H3,(H,21,22). The summed E-state index contributed by atoms with van der Waals surface area (Å²) in [6.45, 7) is 7.27. The third-order valence-corrected chi connectivity index (χ3v) is 4.20. The van der Waals surface area contributed by atoms with Crippen LogP contribution in [0.25, 0.3) is 10.9 Å². The normalized spacial score (nSPS) is 10.7. The summed E-state index contributed by atoms with van der Waals surface area (Å²) in [5, 5.41) is 4.69. The monoisotopic (exact) mass is 305 g/mol. The lowest BCUT2D eigenvalue weighted by atomic mass is 10.1. The molecular weight excluding hydrogens is 282 g/mol. The van der Waals surface area contributed by atoms with E-state index in [0.29, 0.717) is 0 Å². The largest absolute Gasteiger partial charge is 0.380 e.